The predicted octanol–water partition coefficient (Wildman–Crippen LogP) is 4.68. The number of fused-ring (bicyclic) bond motifs is 2. The third kappa shape index (κ3) is 1.31. The van der Waals surface area contributed by atoms with E-state index >= 15 is 0 Å². The Morgan fingerprint density at radius 1 is 0.737 bits per heavy atom. The van der Waals surface area contributed by atoms with Crippen molar-refractivity contribution >= 4 is 10.8 Å². The molecule has 0 saturated carbocycles. The molecule has 1 atom stereocenters. The minimum atomic E-state index is -0.394. The average molecular weight is 245 g/mol. The Labute approximate surface area is 110 Å². The van der Waals surface area contributed by atoms with Gasteiger partial charge in [-0.3, -0.25) is 0 Å². The van der Waals surface area contributed by atoms with Gasteiger partial charge in [0.25, 0.3) is 0 Å². The molecule has 0 saturated heterocycles. The van der Waals surface area contributed by atoms with Crippen LogP contribution in [0.15, 0.2) is 65.8 Å². The maximum absolute atomic E-state index is 11.3. The lowest BCUT2D eigenvalue weighted by atomic mass is 9.81. The molecule has 0 aromatic heterocycles. The molecule has 2 heteroatoms. The van der Waals surface area contributed by atoms with E-state index in [0.29, 0.717) is 0 Å². The van der Waals surface area contributed by atoms with Crippen LogP contribution in [0, 0.1) is 4.91 Å². The van der Waals surface area contributed by atoms with Crippen molar-refractivity contribution in [2.24, 2.45) is 5.18 Å². The molecule has 0 amide bonds. The largest absolute Gasteiger partial charge is 0.150 e. The minimum absolute atomic E-state index is 0.394. The highest BCUT2D eigenvalue weighted by Crippen LogP contribution is 2.45. The Hall–Kier alpha value is -2.48. The summed E-state index contributed by atoms with van der Waals surface area (Å²) in [4.78, 5) is 11.3. The fraction of sp³-hybridized carbons (Fsp3) is 0.0588. The molecule has 1 aliphatic rings. The third-order valence-electron chi connectivity index (χ3n) is 3.88. The van der Waals surface area contributed by atoms with Gasteiger partial charge in [-0.1, -0.05) is 65.8 Å². The first-order chi connectivity index (χ1) is 9.40. The topological polar surface area (TPSA) is 29.4 Å². The predicted molar refractivity (Wildman–Crippen MR) is 77.0 cm³/mol. The molecule has 1 unspecified atom stereocenters. The summed E-state index contributed by atoms with van der Waals surface area (Å²) in [5.41, 5.74) is 4.34. The molecule has 2 nitrogen and oxygen atoms in total. The first kappa shape index (κ1) is 10.4. The molecule has 0 aliphatic heterocycles. The fourth-order valence-corrected chi connectivity index (χ4v) is 3.08. The molecule has 19 heavy (non-hydrogen) atoms. The zero-order valence-corrected chi connectivity index (χ0v) is 10.2. The maximum atomic E-state index is 11.3. The van der Waals surface area contributed by atoms with Crippen molar-refractivity contribution in [2.45, 2.75) is 6.04 Å². The number of rotatable bonds is 1. The summed E-state index contributed by atoms with van der Waals surface area (Å²) in [6.07, 6.45) is 0. The Bertz CT molecular complexity index is 802. The second kappa shape index (κ2) is 3.75. The van der Waals surface area contributed by atoms with Crippen molar-refractivity contribution in [1.82, 2.24) is 0 Å². The summed E-state index contributed by atoms with van der Waals surface area (Å²) in [5.74, 6) is 0. The van der Waals surface area contributed by atoms with Crippen LogP contribution >= 0.6 is 0 Å². The van der Waals surface area contributed by atoms with Gasteiger partial charge in [0.05, 0.1) is 0 Å². The van der Waals surface area contributed by atoms with E-state index in [4.69, 9.17) is 0 Å². The second-order valence-electron chi connectivity index (χ2n) is 4.85. The van der Waals surface area contributed by atoms with E-state index in [0.717, 1.165) is 27.5 Å². The Kier molecular flexibility index (Phi) is 2.06. The van der Waals surface area contributed by atoms with Crippen LogP contribution in [0.5, 0.6) is 0 Å². The molecule has 4 rings (SSSR count). The van der Waals surface area contributed by atoms with Crippen LogP contribution in [-0.2, 0) is 0 Å². The van der Waals surface area contributed by atoms with Crippen LogP contribution in [0.25, 0.3) is 21.9 Å². The van der Waals surface area contributed by atoms with Gasteiger partial charge in [0.15, 0.2) is 0 Å². The molecule has 90 valence electrons. The molecule has 3 aromatic rings. The van der Waals surface area contributed by atoms with Crippen molar-refractivity contribution in [3.63, 3.8) is 0 Å². The van der Waals surface area contributed by atoms with Crippen molar-refractivity contribution in [3.05, 3.63) is 76.7 Å². The van der Waals surface area contributed by atoms with E-state index in [-0.39, 0.29) is 0 Å². The number of hydrogen-bond donors (Lipinski definition) is 0. The third-order valence-corrected chi connectivity index (χ3v) is 3.88. The van der Waals surface area contributed by atoms with Crippen molar-refractivity contribution in [1.29, 1.82) is 0 Å². The summed E-state index contributed by atoms with van der Waals surface area (Å²) >= 11 is 0. The highest BCUT2D eigenvalue weighted by Gasteiger charge is 2.26. The van der Waals surface area contributed by atoms with Gasteiger partial charge in [0, 0.05) is 0 Å². The van der Waals surface area contributed by atoms with Gasteiger partial charge in [0.2, 0.25) is 0 Å². The van der Waals surface area contributed by atoms with Crippen LogP contribution < -0.4 is 0 Å². The molecule has 0 N–H and O–H groups in total. The van der Waals surface area contributed by atoms with Gasteiger partial charge in [-0.2, -0.15) is 0 Å². The zero-order valence-electron chi connectivity index (χ0n) is 10.2. The lowest BCUT2D eigenvalue weighted by molar-refractivity contribution is 0.868. The highest BCUT2D eigenvalue weighted by atomic mass is 16.3. The molecule has 0 spiro atoms. The van der Waals surface area contributed by atoms with Crippen molar-refractivity contribution < 1.29 is 0 Å². The van der Waals surface area contributed by atoms with Crippen LogP contribution in [0.2, 0.25) is 0 Å². The molecule has 1 aliphatic carbocycles. The number of hydrogen-bond acceptors (Lipinski definition) is 2. The smallest absolute Gasteiger partial charge is 0.143 e. The van der Waals surface area contributed by atoms with E-state index < -0.39 is 6.04 Å². The molecular weight excluding hydrogens is 234 g/mol. The van der Waals surface area contributed by atoms with E-state index in [2.05, 4.69) is 35.5 Å². The summed E-state index contributed by atoms with van der Waals surface area (Å²) < 4.78 is 0. The van der Waals surface area contributed by atoms with Crippen LogP contribution in [0.4, 0.5) is 0 Å². The van der Waals surface area contributed by atoms with Crippen LogP contribution in [-0.4, -0.2) is 0 Å². The lowest BCUT2D eigenvalue weighted by Gasteiger charge is -2.24. The Morgan fingerprint density at radius 3 is 2.26 bits per heavy atom. The standard InChI is InChI=1S/C17H11NO/c19-18-17-14-8-2-1-7-12(14)13-9-3-5-11-6-4-10-15(17)16(11)13/h1-10,17H. The Morgan fingerprint density at radius 2 is 1.42 bits per heavy atom. The second-order valence-corrected chi connectivity index (χ2v) is 4.85. The van der Waals surface area contributed by atoms with Gasteiger partial charge in [-0.25, -0.2) is 0 Å². The summed E-state index contributed by atoms with van der Waals surface area (Å²) in [6, 6.07) is 20.0. The van der Waals surface area contributed by atoms with Crippen LogP contribution in [0.3, 0.4) is 0 Å². The first-order valence-corrected chi connectivity index (χ1v) is 6.33. The maximum Gasteiger partial charge on any atom is 0.143 e. The van der Waals surface area contributed by atoms with E-state index in [1.807, 2.05) is 30.3 Å². The Balaban J connectivity index is 2.24. The summed E-state index contributed by atoms with van der Waals surface area (Å²) in [7, 11) is 0. The van der Waals surface area contributed by atoms with Crippen LogP contribution in [0.1, 0.15) is 17.2 Å². The van der Waals surface area contributed by atoms with E-state index in [9.17, 15) is 4.91 Å². The fourth-order valence-electron chi connectivity index (χ4n) is 3.08. The molecule has 0 radical (unpaired) electrons. The van der Waals surface area contributed by atoms with Gasteiger partial charge in [-0.05, 0) is 33.0 Å². The number of benzene rings is 3. The normalized spacial score (nSPS) is 16.1. The highest BCUT2D eigenvalue weighted by molar-refractivity contribution is 6.02. The molecule has 0 heterocycles. The quantitative estimate of drug-likeness (QED) is 0.572. The molecule has 0 bridgehead atoms. The van der Waals surface area contributed by atoms with Crippen molar-refractivity contribution in [2.75, 3.05) is 0 Å². The molecule has 3 aromatic carbocycles. The van der Waals surface area contributed by atoms with Gasteiger partial charge >= 0.3 is 0 Å². The SMILES string of the molecule is O=NC1c2ccccc2-c2cccc3cccc1c23. The van der Waals surface area contributed by atoms with Crippen molar-refractivity contribution in [3.8, 4) is 11.1 Å². The van der Waals surface area contributed by atoms with Gasteiger partial charge < -0.3 is 0 Å². The van der Waals surface area contributed by atoms with Gasteiger partial charge in [0.1, 0.15) is 6.04 Å². The van der Waals surface area contributed by atoms with E-state index in [1.54, 1.807) is 0 Å². The summed E-state index contributed by atoms with van der Waals surface area (Å²) in [6.45, 7) is 0. The monoisotopic (exact) mass is 245 g/mol. The van der Waals surface area contributed by atoms with E-state index in [1.165, 1.54) is 5.56 Å². The van der Waals surface area contributed by atoms with Gasteiger partial charge in [-0.15, -0.1) is 4.91 Å². The number of nitrogens with zero attached hydrogens (tertiary/aromatic N) is 1. The molecule has 0 fully saturated rings. The minimum Gasteiger partial charge on any atom is -0.150 e. The summed E-state index contributed by atoms with van der Waals surface area (Å²) in [5, 5.41) is 5.69. The zero-order chi connectivity index (χ0) is 12.8. The average Bonchev–Trinajstić information content (AvgIpc) is 2.48. The lowest BCUT2D eigenvalue weighted by Crippen LogP contribution is -2.06. The first-order valence-electron chi connectivity index (χ1n) is 6.33. The number of nitroso groups, excluding NO2 is 1. The molecular formula is C17H11NO.